The molecule has 17 heavy (non-hydrogen) atoms. The highest BCUT2D eigenvalue weighted by Gasteiger charge is 2.12. The Kier molecular flexibility index (Phi) is 2.95. The van der Waals surface area contributed by atoms with Crippen molar-refractivity contribution in [1.82, 2.24) is 4.98 Å². The molecule has 0 bridgehead atoms. The highest BCUT2D eigenvalue weighted by atomic mass is 19.1. The van der Waals surface area contributed by atoms with E-state index in [4.69, 9.17) is 0 Å². The largest absolute Gasteiger partial charge is 0.450 e. The number of hydrogen-bond donors (Lipinski definition) is 2. The van der Waals surface area contributed by atoms with Crippen LogP contribution in [0.15, 0.2) is 18.3 Å². The lowest BCUT2D eigenvalue weighted by atomic mass is 10.2. The van der Waals surface area contributed by atoms with Crippen LogP contribution in [0, 0.1) is 11.6 Å². The maximum absolute atomic E-state index is 13.3. The van der Waals surface area contributed by atoms with Gasteiger partial charge in [0, 0.05) is 17.6 Å². The predicted molar refractivity (Wildman–Crippen MR) is 58.9 cm³/mol. The van der Waals surface area contributed by atoms with Crippen molar-refractivity contribution in [2.24, 2.45) is 0 Å². The van der Waals surface area contributed by atoms with Gasteiger partial charge in [-0.3, -0.25) is 5.32 Å². The molecule has 0 spiro atoms. The Morgan fingerprint density at radius 3 is 2.94 bits per heavy atom. The average Bonchev–Trinajstić information content (AvgIpc) is 2.62. The third-order valence-corrected chi connectivity index (χ3v) is 2.22. The van der Waals surface area contributed by atoms with Crippen LogP contribution in [0.1, 0.15) is 6.92 Å². The lowest BCUT2D eigenvalue weighted by Gasteiger charge is -2.03. The summed E-state index contributed by atoms with van der Waals surface area (Å²) in [7, 11) is 0. The number of fused-ring (bicyclic) bond motifs is 1. The topological polar surface area (TPSA) is 54.1 Å². The summed E-state index contributed by atoms with van der Waals surface area (Å²) in [5.74, 6) is -1.42. The van der Waals surface area contributed by atoms with Gasteiger partial charge in [-0.1, -0.05) is 0 Å². The van der Waals surface area contributed by atoms with Crippen molar-refractivity contribution in [2.45, 2.75) is 6.92 Å². The van der Waals surface area contributed by atoms with E-state index in [-0.39, 0.29) is 23.2 Å². The van der Waals surface area contributed by atoms with E-state index in [1.807, 2.05) is 0 Å². The molecule has 0 aliphatic heterocycles. The van der Waals surface area contributed by atoms with Gasteiger partial charge in [-0.25, -0.2) is 13.6 Å². The van der Waals surface area contributed by atoms with Crippen LogP contribution in [0.2, 0.25) is 0 Å². The van der Waals surface area contributed by atoms with Crippen molar-refractivity contribution in [2.75, 3.05) is 11.9 Å². The number of nitrogens with one attached hydrogen (secondary N) is 2. The van der Waals surface area contributed by atoms with Gasteiger partial charge in [0.25, 0.3) is 0 Å². The summed E-state index contributed by atoms with van der Waals surface area (Å²) >= 11 is 0. The number of hydrogen-bond acceptors (Lipinski definition) is 2. The first-order chi connectivity index (χ1) is 8.11. The molecule has 0 unspecified atom stereocenters. The molecule has 2 aromatic rings. The Morgan fingerprint density at radius 2 is 2.24 bits per heavy atom. The van der Waals surface area contributed by atoms with Gasteiger partial charge < -0.3 is 9.72 Å². The number of ether oxygens (including phenoxy) is 1. The number of amides is 1. The van der Waals surface area contributed by atoms with Crippen molar-refractivity contribution in [1.29, 1.82) is 0 Å². The maximum Gasteiger partial charge on any atom is 0.411 e. The molecule has 0 saturated heterocycles. The first-order valence-corrected chi connectivity index (χ1v) is 5.01. The zero-order chi connectivity index (χ0) is 12.4. The monoisotopic (exact) mass is 240 g/mol. The maximum atomic E-state index is 13.3. The summed E-state index contributed by atoms with van der Waals surface area (Å²) in [5.41, 5.74) is 0.412. The summed E-state index contributed by atoms with van der Waals surface area (Å²) in [5, 5.41) is 2.65. The molecule has 1 heterocycles. The molecule has 2 N–H and O–H groups in total. The van der Waals surface area contributed by atoms with Gasteiger partial charge in [0.05, 0.1) is 17.8 Å². The molecule has 0 radical (unpaired) electrons. The predicted octanol–water partition coefficient (Wildman–Crippen LogP) is 3.01. The van der Waals surface area contributed by atoms with Crippen molar-refractivity contribution in [3.8, 4) is 0 Å². The minimum Gasteiger partial charge on any atom is -0.450 e. The van der Waals surface area contributed by atoms with E-state index in [1.54, 1.807) is 6.92 Å². The van der Waals surface area contributed by atoms with Crippen LogP contribution < -0.4 is 5.32 Å². The van der Waals surface area contributed by atoms with E-state index in [2.05, 4.69) is 15.0 Å². The number of aromatic nitrogens is 1. The molecule has 0 aliphatic carbocycles. The van der Waals surface area contributed by atoms with Crippen LogP contribution in [0.4, 0.5) is 19.3 Å². The van der Waals surface area contributed by atoms with Gasteiger partial charge in [-0.15, -0.1) is 0 Å². The summed E-state index contributed by atoms with van der Waals surface area (Å²) in [6.07, 6.45) is 0.711. The number of carbonyl (C=O) groups is 1. The van der Waals surface area contributed by atoms with Gasteiger partial charge in [0.1, 0.15) is 11.6 Å². The summed E-state index contributed by atoms with van der Waals surface area (Å²) in [6, 6.07) is 1.91. The van der Waals surface area contributed by atoms with Crippen LogP contribution in [0.3, 0.4) is 0 Å². The van der Waals surface area contributed by atoms with Crippen LogP contribution in [0.25, 0.3) is 10.9 Å². The Hall–Kier alpha value is -2.11. The standard InChI is InChI=1S/C11H10F2N2O2/c1-2-17-11(16)15-9-5-14-10-7(9)3-6(12)4-8(10)13/h3-5,14H,2H2,1H3,(H,15,16). The van der Waals surface area contributed by atoms with E-state index in [1.165, 1.54) is 6.20 Å². The quantitative estimate of drug-likeness (QED) is 0.847. The van der Waals surface area contributed by atoms with E-state index >= 15 is 0 Å². The molecule has 4 nitrogen and oxygen atoms in total. The van der Waals surface area contributed by atoms with Crippen LogP contribution in [0.5, 0.6) is 0 Å². The second kappa shape index (κ2) is 4.40. The Labute approximate surface area is 95.6 Å². The van der Waals surface area contributed by atoms with Crippen LogP contribution in [-0.2, 0) is 4.74 Å². The molecule has 0 fully saturated rings. The minimum absolute atomic E-state index is 0.137. The fourth-order valence-corrected chi connectivity index (χ4v) is 1.54. The molecule has 1 amide bonds. The second-order valence-electron chi connectivity index (χ2n) is 3.36. The Bertz CT molecular complexity index is 566. The zero-order valence-corrected chi connectivity index (χ0v) is 9.01. The number of rotatable bonds is 2. The smallest absolute Gasteiger partial charge is 0.411 e. The number of carbonyl (C=O) groups excluding carboxylic acids is 1. The Morgan fingerprint density at radius 1 is 1.47 bits per heavy atom. The van der Waals surface area contributed by atoms with Crippen LogP contribution in [-0.4, -0.2) is 17.7 Å². The fraction of sp³-hybridized carbons (Fsp3) is 0.182. The zero-order valence-electron chi connectivity index (χ0n) is 9.01. The van der Waals surface area contributed by atoms with E-state index in [0.29, 0.717) is 0 Å². The molecule has 6 heteroatoms. The van der Waals surface area contributed by atoms with Crippen molar-refractivity contribution in [3.63, 3.8) is 0 Å². The molecule has 1 aromatic heterocycles. The normalized spacial score (nSPS) is 10.5. The molecule has 2 rings (SSSR count). The van der Waals surface area contributed by atoms with Crippen molar-refractivity contribution < 1.29 is 18.3 Å². The average molecular weight is 240 g/mol. The highest BCUT2D eigenvalue weighted by molar-refractivity contribution is 5.99. The van der Waals surface area contributed by atoms with Crippen molar-refractivity contribution >= 4 is 22.7 Å². The van der Waals surface area contributed by atoms with E-state index < -0.39 is 17.7 Å². The van der Waals surface area contributed by atoms with E-state index in [9.17, 15) is 13.6 Å². The van der Waals surface area contributed by atoms with Crippen LogP contribution >= 0.6 is 0 Å². The molecule has 1 aromatic carbocycles. The highest BCUT2D eigenvalue weighted by Crippen LogP contribution is 2.26. The second-order valence-corrected chi connectivity index (χ2v) is 3.36. The molecule has 0 aliphatic rings. The number of aromatic amines is 1. The van der Waals surface area contributed by atoms with Gasteiger partial charge in [0.15, 0.2) is 0 Å². The summed E-state index contributed by atoms with van der Waals surface area (Å²) < 4.78 is 31.0. The summed E-state index contributed by atoms with van der Waals surface area (Å²) in [6.45, 7) is 1.88. The molecular formula is C11H10F2N2O2. The molecule has 0 atom stereocenters. The van der Waals surface area contributed by atoms with Gasteiger partial charge in [-0.05, 0) is 13.0 Å². The summed E-state index contributed by atoms with van der Waals surface area (Å²) in [4.78, 5) is 13.8. The number of anilines is 1. The number of halogens is 2. The SMILES string of the molecule is CCOC(=O)Nc1c[nH]c2c(F)cc(F)cc12. The number of H-pyrrole nitrogens is 1. The number of benzene rings is 1. The molecule has 90 valence electrons. The lowest BCUT2D eigenvalue weighted by Crippen LogP contribution is -2.12. The van der Waals surface area contributed by atoms with Gasteiger partial charge in [-0.2, -0.15) is 0 Å². The Balaban J connectivity index is 2.39. The lowest BCUT2D eigenvalue weighted by molar-refractivity contribution is 0.168. The third-order valence-electron chi connectivity index (χ3n) is 2.22. The first kappa shape index (κ1) is 11.4. The minimum atomic E-state index is -0.711. The van der Waals surface area contributed by atoms with Gasteiger partial charge in [0.2, 0.25) is 0 Å². The molecular weight excluding hydrogens is 230 g/mol. The van der Waals surface area contributed by atoms with E-state index in [0.717, 1.165) is 12.1 Å². The van der Waals surface area contributed by atoms with Crippen molar-refractivity contribution in [3.05, 3.63) is 30.0 Å². The first-order valence-electron chi connectivity index (χ1n) is 5.01. The fourth-order valence-electron chi connectivity index (χ4n) is 1.54. The third kappa shape index (κ3) is 2.20. The molecule has 0 saturated carbocycles. The van der Waals surface area contributed by atoms with Gasteiger partial charge >= 0.3 is 6.09 Å².